The number of H-pyrrole nitrogens is 1. The maximum atomic E-state index is 11.7. The smallest absolute Gasteiger partial charge is 0.251 e. The van der Waals surface area contributed by atoms with Gasteiger partial charge in [0.05, 0.1) is 5.69 Å². The molecule has 0 atom stereocenters. The number of ether oxygens (including phenoxy) is 2. The Kier molecular flexibility index (Phi) is 3.82. The van der Waals surface area contributed by atoms with Crippen molar-refractivity contribution in [2.75, 3.05) is 20.3 Å². The maximum absolute atomic E-state index is 11.7. The minimum Gasteiger partial charge on any atom is -0.381 e. The lowest BCUT2D eigenvalue weighted by Gasteiger charge is -2.34. The molecule has 0 saturated carbocycles. The van der Waals surface area contributed by atoms with Crippen molar-refractivity contribution < 1.29 is 9.47 Å². The molecule has 0 radical (unpaired) electrons. The van der Waals surface area contributed by atoms with Crippen LogP contribution < -0.4 is 5.56 Å². The lowest BCUT2D eigenvalue weighted by atomic mass is 9.92. The second-order valence-corrected chi connectivity index (χ2v) is 4.98. The Balaban J connectivity index is 2.44. The molecule has 18 heavy (non-hydrogen) atoms. The SMILES string of the molecule is COC1(c2nc(C(C)C)cc(=O)[nH]2)CCOCC1. The summed E-state index contributed by atoms with van der Waals surface area (Å²) in [5, 5.41) is 0. The van der Waals surface area contributed by atoms with Crippen molar-refractivity contribution >= 4 is 0 Å². The van der Waals surface area contributed by atoms with E-state index in [1.54, 1.807) is 13.2 Å². The topological polar surface area (TPSA) is 64.2 Å². The predicted octanol–water partition coefficient (Wildman–Crippen LogP) is 1.55. The van der Waals surface area contributed by atoms with Crippen LogP contribution in [0, 0.1) is 0 Å². The summed E-state index contributed by atoms with van der Waals surface area (Å²) in [5.41, 5.74) is 0.172. The number of hydrogen-bond donors (Lipinski definition) is 1. The number of aromatic nitrogens is 2. The van der Waals surface area contributed by atoms with Crippen LogP contribution in [-0.2, 0) is 15.1 Å². The molecule has 1 aliphatic heterocycles. The molecule has 0 bridgehead atoms. The monoisotopic (exact) mass is 252 g/mol. The first-order chi connectivity index (χ1) is 8.57. The predicted molar refractivity (Wildman–Crippen MR) is 67.7 cm³/mol. The minimum absolute atomic E-state index is 0.119. The Hall–Kier alpha value is -1.20. The van der Waals surface area contributed by atoms with Crippen molar-refractivity contribution in [2.24, 2.45) is 0 Å². The fourth-order valence-electron chi connectivity index (χ4n) is 2.23. The molecule has 0 unspecified atom stereocenters. The highest BCUT2D eigenvalue weighted by Crippen LogP contribution is 2.33. The summed E-state index contributed by atoms with van der Waals surface area (Å²) >= 11 is 0. The molecule has 1 N–H and O–H groups in total. The highest BCUT2D eigenvalue weighted by atomic mass is 16.5. The van der Waals surface area contributed by atoms with Crippen molar-refractivity contribution in [3.05, 3.63) is 27.9 Å². The first-order valence-electron chi connectivity index (χ1n) is 6.32. The van der Waals surface area contributed by atoms with E-state index in [0.717, 1.165) is 5.69 Å². The van der Waals surface area contributed by atoms with Gasteiger partial charge in [-0.05, 0) is 5.92 Å². The second-order valence-electron chi connectivity index (χ2n) is 4.98. The average Bonchev–Trinajstić information content (AvgIpc) is 2.38. The highest BCUT2D eigenvalue weighted by Gasteiger charge is 2.37. The molecular formula is C13H20N2O3. The Morgan fingerprint density at radius 3 is 2.67 bits per heavy atom. The van der Waals surface area contributed by atoms with Gasteiger partial charge in [0.25, 0.3) is 5.56 Å². The van der Waals surface area contributed by atoms with Crippen LogP contribution in [0.25, 0.3) is 0 Å². The van der Waals surface area contributed by atoms with Crippen LogP contribution in [0.4, 0.5) is 0 Å². The summed E-state index contributed by atoms with van der Waals surface area (Å²) in [6.07, 6.45) is 1.43. The number of methoxy groups -OCH3 is 1. The molecule has 1 aromatic heterocycles. The van der Waals surface area contributed by atoms with Gasteiger partial charge in [-0.1, -0.05) is 13.8 Å². The van der Waals surface area contributed by atoms with Gasteiger partial charge >= 0.3 is 0 Å². The molecule has 2 rings (SSSR count). The van der Waals surface area contributed by atoms with Gasteiger partial charge in [0.15, 0.2) is 0 Å². The van der Waals surface area contributed by atoms with E-state index in [4.69, 9.17) is 9.47 Å². The first-order valence-corrected chi connectivity index (χ1v) is 6.32. The van der Waals surface area contributed by atoms with Gasteiger partial charge in [0, 0.05) is 39.2 Å². The second kappa shape index (κ2) is 5.20. The fourth-order valence-corrected chi connectivity index (χ4v) is 2.23. The number of nitrogens with zero attached hydrogens (tertiary/aromatic N) is 1. The fraction of sp³-hybridized carbons (Fsp3) is 0.692. The summed E-state index contributed by atoms with van der Waals surface area (Å²) in [6.45, 7) is 5.30. The van der Waals surface area contributed by atoms with Crippen LogP contribution in [0.15, 0.2) is 10.9 Å². The molecule has 1 saturated heterocycles. The Morgan fingerprint density at radius 2 is 2.11 bits per heavy atom. The quantitative estimate of drug-likeness (QED) is 0.886. The molecule has 100 valence electrons. The third kappa shape index (κ3) is 2.47. The molecule has 0 aliphatic carbocycles. The van der Waals surface area contributed by atoms with Gasteiger partial charge in [-0.3, -0.25) is 4.79 Å². The standard InChI is InChI=1S/C13H20N2O3/c1-9(2)10-8-11(16)15-12(14-10)13(17-3)4-6-18-7-5-13/h8-9H,4-7H2,1-3H3,(H,14,15,16). The van der Waals surface area contributed by atoms with Gasteiger partial charge in [0.2, 0.25) is 0 Å². The molecule has 1 fully saturated rings. The van der Waals surface area contributed by atoms with E-state index in [0.29, 0.717) is 31.9 Å². The molecule has 1 aromatic rings. The molecule has 2 heterocycles. The normalized spacial score (nSPS) is 19.1. The van der Waals surface area contributed by atoms with E-state index in [1.165, 1.54) is 0 Å². The largest absolute Gasteiger partial charge is 0.381 e. The van der Waals surface area contributed by atoms with Crippen molar-refractivity contribution in [1.29, 1.82) is 0 Å². The van der Waals surface area contributed by atoms with E-state index < -0.39 is 5.60 Å². The average molecular weight is 252 g/mol. The number of nitrogens with one attached hydrogen (secondary N) is 1. The number of aromatic amines is 1. The molecule has 0 aromatic carbocycles. The van der Waals surface area contributed by atoms with Crippen LogP contribution in [0.1, 0.15) is 44.1 Å². The van der Waals surface area contributed by atoms with Crippen LogP contribution in [0.5, 0.6) is 0 Å². The van der Waals surface area contributed by atoms with Crippen molar-refractivity contribution in [3.8, 4) is 0 Å². The van der Waals surface area contributed by atoms with Gasteiger partial charge < -0.3 is 14.5 Å². The zero-order valence-electron chi connectivity index (χ0n) is 11.2. The summed E-state index contributed by atoms with van der Waals surface area (Å²) in [7, 11) is 1.66. The third-order valence-corrected chi connectivity index (χ3v) is 3.48. The van der Waals surface area contributed by atoms with Crippen molar-refractivity contribution in [1.82, 2.24) is 9.97 Å². The summed E-state index contributed by atoms with van der Waals surface area (Å²) in [5.74, 6) is 0.851. The van der Waals surface area contributed by atoms with Gasteiger partial charge in [-0.2, -0.15) is 0 Å². The van der Waals surface area contributed by atoms with Gasteiger partial charge in [-0.25, -0.2) is 4.98 Å². The van der Waals surface area contributed by atoms with Gasteiger partial charge in [-0.15, -0.1) is 0 Å². The van der Waals surface area contributed by atoms with Crippen molar-refractivity contribution in [3.63, 3.8) is 0 Å². The molecule has 5 nitrogen and oxygen atoms in total. The molecule has 1 aliphatic rings. The lowest BCUT2D eigenvalue weighted by Crippen LogP contribution is -2.39. The van der Waals surface area contributed by atoms with Crippen LogP contribution in [0.3, 0.4) is 0 Å². The zero-order valence-corrected chi connectivity index (χ0v) is 11.2. The van der Waals surface area contributed by atoms with E-state index >= 15 is 0 Å². The van der Waals surface area contributed by atoms with Crippen LogP contribution in [0.2, 0.25) is 0 Å². The zero-order chi connectivity index (χ0) is 13.2. The van der Waals surface area contributed by atoms with Crippen LogP contribution >= 0.6 is 0 Å². The molecule has 0 amide bonds. The third-order valence-electron chi connectivity index (χ3n) is 3.48. The number of rotatable bonds is 3. The van der Waals surface area contributed by atoms with E-state index in [1.807, 2.05) is 13.8 Å². The molecular weight excluding hydrogens is 232 g/mol. The highest BCUT2D eigenvalue weighted by molar-refractivity contribution is 5.12. The lowest BCUT2D eigenvalue weighted by molar-refractivity contribution is -0.100. The molecule has 0 spiro atoms. The first kappa shape index (κ1) is 13.2. The van der Waals surface area contributed by atoms with Crippen LogP contribution in [-0.4, -0.2) is 30.3 Å². The summed E-state index contributed by atoms with van der Waals surface area (Å²) in [4.78, 5) is 19.1. The Morgan fingerprint density at radius 1 is 1.44 bits per heavy atom. The minimum atomic E-state index is -0.512. The Bertz CT molecular complexity index is 462. The Labute approximate surface area is 107 Å². The summed E-state index contributed by atoms with van der Waals surface area (Å²) < 4.78 is 11.0. The van der Waals surface area contributed by atoms with Gasteiger partial charge in [0.1, 0.15) is 11.4 Å². The molecule has 5 heteroatoms. The van der Waals surface area contributed by atoms with E-state index in [-0.39, 0.29) is 11.5 Å². The van der Waals surface area contributed by atoms with Crippen molar-refractivity contribution in [2.45, 2.75) is 38.2 Å². The van der Waals surface area contributed by atoms with E-state index in [2.05, 4.69) is 9.97 Å². The maximum Gasteiger partial charge on any atom is 0.251 e. The van der Waals surface area contributed by atoms with E-state index in [9.17, 15) is 4.79 Å². The number of hydrogen-bond acceptors (Lipinski definition) is 4. The summed E-state index contributed by atoms with van der Waals surface area (Å²) in [6, 6.07) is 1.55.